The average molecular weight is 278 g/mol. The zero-order valence-corrected chi connectivity index (χ0v) is 9.81. The summed E-state index contributed by atoms with van der Waals surface area (Å²) >= 11 is 3.33. The van der Waals surface area contributed by atoms with Crippen LogP contribution in [0.25, 0.3) is 0 Å². The van der Waals surface area contributed by atoms with Crippen molar-refractivity contribution in [3.63, 3.8) is 0 Å². The fourth-order valence-electron chi connectivity index (χ4n) is 1.18. The molecule has 0 bridgehead atoms. The van der Waals surface area contributed by atoms with Gasteiger partial charge in [-0.15, -0.1) is 0 Å². The molecule has 0 saturated heterocycles. The molecule has 4 nitrogen and oxygen atoms in total. The van der Waals surface area contributed by atoms with E-state index >= 15 is 0 Å². The van der Waals surface area contributed by atoms with Gasteiger partial charge in [0.15, 0.2) is 0 Å². The molecule has 1 N–H and O–H groups in total. The summed E-state index contributed by atoms with van der Waals surface area (Å²) in [5.41, 5.74) is 1.01. The van der Waals surface area contributed by atoms with E-state index in [0.29, 0.717) is 11.4 Å². The van der Waals surface area contributed by atoms with Crippen LogP contribution in [0.1, 0.15) is 10.5 Å². The Bertz CT molecular complexity index is 502. The van der Waals surface area contributed by atoms with Crippen molar-refractivity contribution in [1.82, 2.24) is 9.97 Å². The molecule has 0 aliphatic carbocycles. The second-order valence-corrected chi connectivity index (χ2v) is 3.97. The van der Waals surface area contributed by atoms with Gasteiger partial charge >= 0.3 is 0 Å². The van der Waals surface area contributed by atoms with Crippen LogP contribution >= 0.6 is 15.9 Å². The molecule has 2 aromatic rings. The summed E-state index contributed by atoms with van der Waals surface area (Å²) in [4.78, 5) is 19.4. The molecule has 0 spiro atoms. The number of anilines is 1. The van der Waals surface area contributed by atoms with Gasteiger partial charge in [-0.05, 0) is 18.2 Å². The molecule has 1 amide bonds. The molecule has 1 heterocycles. The maximum atomic E-state index is 11.7. The van der Waals surface area contributed by atoms with Crippen LogP contribution < -0.4 is 5.32 Å². The molecule has 80 valence electrons. The minimum absolute atomic E-state index is 0.272. The lowest BCUT2D eigenvalue weighted by Gasteiger charge is -2.04. The van der Waals surface area contributed by atoms with Gasteiger partial charge in [-0.2, -0.15) is 0 Å². The van der Waals surface area contributed by atoms with Gasteiger partial charge in [-0.1, -0.05) is 22.0 Å². The molecule has 16 heavy (non-hydrogen) atoms. The van der Waals surface area contributed by atoms with Crippen LogP contribution in [-0.4, -0.2) is 15.9 Å². The Hall–Kier alpha value is -1.75. The standard InChI is InChI=1S/C11H8BrN3O/c12-8-2-1-3-9(6-8)15-11(16)10-7-13-4-5-14-10/h1-7H,(H,15,16). The molecule has 0 unspecified atom stereocenters. The molecule has 0 aliphatic rings. The number of nitrogens with one attached hydrogen (secondary N) is 1. The Labute approximate surface area is 101 Å². The van der Waals surface area contributed by atoms with Crippen molar-refractivity contribution < 1.29 is 4.79 Å². The topological polar surface area (TPSA) is 54.9 Å². The lowest BCUT2D eigenvalue weighted by Crippen LogP contribution is -2.13. The maximum Gasteiger partial charge on any atom is 0.275 e. The van der Waals surface area contributed by atoms with Crippen molar-refractivity contribution in [2.75, 3.05) is 5.32 Å². The van der Waals surface area contributed by atoms with Crippen LogP contribution in [0.3, 0.4) is 0 Å². The van der Waals surface area contributed by atoms with Crippen molar-refractivity contribution in [3.05, 3.63) is 53.0 Å². The molecular weight excluding hydrogens is 270 g/mol. The second kappa shape index (κ2) is 4.85. The third-order valence-electron chi connectivity index (χ3n) is 1.88. The summed E-state index contributed by atoms with van der Waals surface area (Å²) in [7, 11) is 0. The van der Waals surface area contributed by atoms with Crippen LogP contribution in [-0.2, 0) is 0 Å². The van der Waals surface area contributed by atoms with Gasteiger partial charge in [0.25, 0.3) is 5.91 Å². The number of benzene rings is 1. The van der Waals surface area contributed by atoms with Crippen LogP contribution in [0.5, 0.6) is 0 Å². The minimum atomic E-state index is -0.272. The molecule has 1 aromatic heterocycles. The highest BCUT2D eigenvalue weighted by molar-refractivity contribution is 9.10. The highest BCUT2D eigenvalue weighted by atomic mass is 79.9. The first kappa shape index (κ1) is 10.8. The Morgan fingerprint density at radius 2 is 2.19 bits per heavy atom. The number of amides is 1. The zero-order valence-electron chi connectivity index (χ0n) is 8.22. The van der Waals surface area contributed by atoms with E-state index in [0.717, 1.165) is 4.47 Å². The Morgan fingerprint density at radius 1 is 1.31 bits per heavy atom. The Balaban J connectivity index is 2.14. The van der Waals surface area contributed by atoms with Crippen LogP contribution in [0.4, 0.5) is 5.69 Å². The van der Waals surface area contributed by atoms with E-state index in [2.05, 4.69) is 31.2 Å². The second-order valence-electron chi connectivity index (χ2n) is 3.06. The van der Waals surface area contributed by atoms with Gasteiger partial charge in [0.2, 0.25) is 0 Å². The van der Waals surface area contributed by atoms with Crippen LogP contribution in [0, 0.1) is 0 Å². The minimum Gasteiger partial charge on any atom is -0.321 e. The monoisotopic (exact) mass is 277 g/mol. The Morgan fingerprint density at radius 3 is 2.88 bits per heavy atom. The predicted molar refractivity (Wildman–Crippen MR) is 64.1 cm³/mol. The van der Waals surface area contributed by atoms with Gasteiger partial charge in [0.05, 0.1) is 6.20 Å². The maximum absolute atomic E-state index is 11.7. The quantitative estimate of drug-likeness (QED) is 0.918. The first-order chi connectivity index (χ1) is 7.75. The van der Waals surface area contributed by atoms with E-state index in [1.165, 1.54) is 18.6 Å². The average Bonchev–Trinajstić information content (AvgIpc) is 2.30. The van der Waals surface area contributed by atoms with E-state index in [1.54, 1.807) is 6.07 Å². The first-order valence-corrected chi connectivity index (χ1v) is 5.38. The lowest BCUT2D eigenvalue weighted by molar-refractivity contribution is 0.102. The highest BCUT2D eigenvalue weighted by Crippen LogP contribution is 2.15. The zero-order chi connectivity index (χ0) is 11.4. The van der Waals surface area contributed by atoms with E-state index in [-0.39, 0.29) is 5.91 Å². The largest absolute Gasteiger partial charge is 0.321 e. The van der Waals surface area contributed by atoms with Crippen molar-refractivity contribution in [2.45, 2.75) is 0 Å². The van der Waals surface area contributed by atoms with E-state index in [9.17, 15) is 4.79 Å². The fourth-order valence-corrected chi connectivity index (χ4v) is 1.58. The number of halogens is 1. The van der Waals surface area contributed by atoms with E-state index < -0.39 is 0 Å². The number of carbonyl (C=O) groups is 1. The summed E-state index contributed by atoms with van der Waals surface area (Å²) in [6.45, 7) is 0. The lowest BCUT2D eigenvalue weighted by atomic mass is 10.3. The van der Waals surface area contributed by atoms with Gasteiger partial charge in [-0.3, -0.25) is 9.78 Å². The van der Waals surface area contributed by atoms with Gasteiger partial charge in [0, 0.05) is 22.6 Å². The number of carbonyl (C=O) groups excluding carboxylic acids is 1. The molecular formula is C11H8BrN3O. The van der Waals surface area contributed by atoms with Crippen LogP contribution in [0.2, 0.25) is 0 Å². The van der Waals surface area contributed by atoms with Gasteiger partial charge < -0.3 is 5.32 Å². The number of hydrogen-bond acceptors (Lipinski definition) is 3. The summed E-state index contributed by atoms with van der Waals surface area (Å²) in [6.07, 6.45) is 4.43. The van der Waals surface area contributed by atoms with Gasteiger partial charge in [0.1, 0.15) is 5.69 Å². The third-order valence-corrected chi connectivity index (χ3v) is 2.37. The summed E-state index contributed by atoms with van der Waals surface area (Å²) in [5, 5.41) is 2.73. The van der Waals surface area contributed by atoms with Crippen molar-refractivity contribution in [3.8, 4) is 0 Å². The summed E-state index contributed by atoms with van der Waals surface area (Å²) < 4.78 is 0.907. The SMILES string of the molecule is O=C(Nc1cccc(Br)c1)c1cnccn1. The predicted octanol–water partition coefficient (Wildman–Crippen LogP) is 2.49. The highest BCUT2D eigenvalue weighted by Gasteiger charge is 2.06. The van der Waals surface area contributed by atoms with Gasteiger partial charge in [-0.25, -0.2) is 4.98 Å². The first-order valence-electron chi connectivity index (χ1n) is 4.58. The number of hydrogen-bond donors (Lipinski definition) is 1. The summed E-state index contributed by atoms with van der Waals surface area (Å²) in [5.74, 6) is -0.272. The van der Waals surface area contributed by atoms with Crippen molar-refractivity contribution in [2.24, 2.45) is 0 Å². The number of rotatable bonds is 2. The molecule has 0 aliphatic heterocycles. The molecule has 1 aromatic carbocycles. The van der Waals surface area contributed by atoms with Crippen molar-refractivity contribution >= 4 is 27.5 Å². The molecule has 0 radical (unpaired) electrons. The fraction of sp³-hybridized carbons (Fsp3) is 0. The summed E-state index contributed by atoms with van der Waals surface area (Å²) in [6, 6.07) is 7.35. The van der Waals surface area contributed by atoms with Crippen LogP contribution in [0.15, 0.2) is 47.3 Å². The molecule has 0 atom stereocenters. The molecule has 0 saturated carbocycles. The molecule has 5 heteroatoms. The van der Waals surface area contributed by atoms with E-state index in [1.807, 2.05) is 18.2 Å². The number of aromatic nitrogens is 2. The smallest absolute Gasteiger partial charge is 0.275 e. The Kier molecular flexibility index (Phi) is 3.26. The normalized spacial score (nSPS) is 9.81. The number of nitrogens with zero attached hydrogens (tertiary/aromatic N) is 2. The molecule has 0 fully saturated rings. The molecule has 2 rings (SSSR count). The third kappa shape index (κ3) is 2.64. The van der Waals surface area contributed by atoms with Crippen molar-refractivity contribution in [1.29, 1.82) is 0 Å². The van der Waals surface area contributed by atoms with E-state index in [4.69, 9.17) is 0 Å².